The maximum absolute atomic E-state index is 13.0. The van der Waals surface area contributed by atoms with Gasteiger partial charge in [0.1, 0.15) is 10.5 Å². The molecule has 25 heavy (non-hydrogen) atoms. The second-order valence-corrected chi connectivity index (χ2v) is 7.50. The van der Waals surface area contributed by atoms with E-state index < -0.39 is 5.54 Å². The van der Waals surface area contributed by atoms with Crippen LogP contribution in [0.3, 0.4) is 0 Å². The quantitative estimate of drug-likeness (QED) is 0.734. The topological polar surface area (TPSA) is 62.3 Å². The Bertz CT molecular complexity index is 947. The summed E-state index contributed by atoms with van der Waals surface area (Å²) in [5, 5.41) is 3.58. The number of carbonyl (C=O) groups is 2. The molecular formula is C19H17N3O2S. The monoisotopic (exact) mass is 351 g/mol. The van der Waals surface area contributed by atoms with Gasteiger partial charge >= 0.3 is 6.03 Å². The molecule has 1 aliphatic rings. The molecule has 1 aliphatic heterocycles. The lowest BCUT2D eigenvalue weighted by molar-refractivity contribution is -0.131. The van der Waals surface area contributed by atoms with Crippen molar-refractivity contribution in [2.45, 2.75) is 25.9 Å². The minimum absolute atomic E-state index is 0.186. The average molecular weight is 351 g/mol. The summed E-state index contributed by atoms with van der Waals surface area (Å²) < 4.78 is 1.05. The van der Waals surface area contributed by atoms with E-state index in [-0.39, 0.29) is 18.5 Å². The van der Waals surface area contributed by atoms with Crippen LogP contribution in [0.5, 0.6) is 0 Å². The first-order chi connectivity index (χ1) is 12.0. The predicted molar refractivity (Wildman–Crippen MR) is 97.2 cm³/mol. The van der Waals surface area contributed by atoms with E-state index in [1.54, 1.807) is 6.92 Å². The van der Waals surface area contributed by atoms with Gasteiger partial charge in [0, 0.05) is 0 Å². The molecule has 0 radical (unpaired) electrons. The van der Waals surface area contributed by atoms with Crippen LogP contribution in [-0.2, 0) is 16.9 Å². The molecule has 3 aromatic rings. The lowest BCUT2D eigenvalue weighted by Gasteiger charge is -2.22. The largest absolute Gasteiger partial charge is 0.325 e. The van der Waals surface area contributed by atoms with Crippen LogP contribution >= 0.6 is 11.3 Å². The van der Waals surface area contributed by atoms with Crippen LogP contribution in [0, 0.1) is 6.92 Å². The van der Waals surface area contributed by atoms with Crippen LogP contribution in [-0.4, -0.2) is 21.8 Å². The van der Waals surface area contributed by atoms with Crippen molar-refractivity contribution in [1.29, 1.82) is 0 Å². The minimum Gasteiger partial charge on any atom is -0.319 e. The van der Waals surface area contributed by atoms with Crippen LogP contribution in [0.15, 0.2) is 48.5 Å². The molecule has 4 rings (SSSR count). The Morgan fingerprint density at radius 3 is 2.56 bits per heavy atom. The van der Waals surface area contributed by atoms with Crippen LogP contribution in [0.1, 0.15) is 23.1 Å². The number of nitrogens with one attached hydrogen (secondary N) is 1. The number of urea groups is 1. The molecule has 1 saturated heterocycles. The molecule has 0 bridgehead atoms. The summed E-state index contributed by atoms with van der Waals surface area (Å²) in [6.45, 7) is 3.92. The van der Waals surface area contributed by atoms with Gasteiger partial charge in [-0.1, -0.05) is 42.0 Å². The number of hydrogen-bond donors (Lipinski definition) is 1. The Morgan fingerprint density at radius 1 is 1.12 bits per heavy atom. The van der Waals surface area contributed by atoms with E-state index in [9.17, 15) is 9.59 Å². The van der Waals surface area contributed by atoms with Gasteiger partial charge in [-0.15, -0.1) is 11.3 Å². The van der Waals surface area contributed by atoms with Crippen molar-refractivity contribution in [2.75, 3.05) is 0 Å². The standard InChI is InChI=1S/C19H17N3O2S/c1-12-7-9-13(10-8-12)19(2)17(23)22(18(24)21-19)11-16-20-14-5-3-4-6-15(14)25-16/h3-10H,11H2,1-2H3,(H,21,24). The van der Waals surface area contributed by atoms with Gasteiger partial charge in [-0.2, -0.15) is 0 Å². The molecule has 1 unspecified atom stereocenters. The summed E-state index contributed by atoms with van der Waals surface area (Å²) in [5.74, 6) is -0.249. The number of imide groups is 1. The normalized spacial score (nSPS) is 20.3. The zero-order chi connectivity index (χ0) is 17.6. The minimum atomic E-state index is -1.04. The number of fused-ring (bicyclic) bond motifs is 1. The third-order valence-corrected chi connectivity index (χ3v) is 5.56. The van der Waals surface area contributed by atoms with Crippen LogP contribution in [0.4, 0.5) is 4.79 Å². The fourth-order valence-electron chi connectivity index (χ4n) is 3.05. The summed E-state index contributed by atoms with van der Waals surface area (Å²) in [7, 11) is 0. The van der Waals surface area contributed by atoms with E-state index in [1.165, 1.54) is 16.2 Å². The number of benzene rings is 2. The highest BCUT2D eigenvalue weighted by Gasteiger charge is 2.49. The maximum atomic E-state index is 13.0. The highest BCUT2D eigenvalue weighted by atomic mass is 32.1. The van der Waals surface area contributed by atoms with Crippen molar-refractivity contribution in [1.82, 2.24) is 15.2 Å². The third kappa shape index (κ3) is 2.59. The molecule has 1 aromatic heterocycles. The van der Waals surface area contributed by atoms with Crippen molar-refractivity contribution >= 4 is 33.5 Å². The van der Waals surface area contributed by atoms with Crippen LogP contribution in [0.25, 0.3) is 10.2 Å². The molecule has 1 N–H and O–H groups in total. The molecule has 5 nitrogen and oxygen atoms in total. The zero-order valence-corrected chi connectivity index (χ0v) is 14.8. The van der Waals surface area contributed by atoms with Gasteiger partial charge < -0.3 is 5.32 Å². The number of amides is 3. The molecule has 126 valence electrons. The predicted octanol–water partition coefficient (Wildman–Crippen LogP) is 3.57. The number of aryl methyl sites for hydroxylation is 1. The highest BCUT2D eigenvalue weighted by molar-refractivity contribution is 7.18. The van der Waals surface area contributed by atoms with E-state index in [4.69, 9.17) is 0 Å². The fourth-order valence-corrected chi connectivity index (χ4v) is 4.00. The van der Waals surface area contributed by atoms with Gasteiger partial charge in [0.15, 0.2) is 0 Å². The molecule has 0 saturated carbocycles. The second kappa shape index (κ2) is 5.67. The highest BCUT2D eigenvalue weighted by Crippen LogP contribution is 2.31. The molecule has 6 heteroatoms. The molecule has 1 atom stereocenters. The van der Waals surface area contributed by atoms with Crippen molar-refractivity contribution in [3.63, 3.8) is 0 Å². The summed E-state index contributed by atoms with van der Waals surface area (Å²) in [5.41, 5.74) is 1.73. The van der Waals surface area contributed by atoms with Crippen LogP contribution in [0.2, 0.25) is 0 Å². The number of carbonyl (C=O) groups excluding carboxylic acids is 2. The van der Waals surface area contributed by atoms with Crippen LogP contribution < -0.4 is 5.32 Å². The molecule has 2 heterocycles. The molecule has 2 aromatic carbocycles. The number of aromatic nitrogens is 1. The van der Waals surface area contributed by atoms with Crippen molar-refractivity contribution < 1.29 is 9.59 Å². The van der Waals surface area contributed by atoms with Gasteiger partial charge in [0.25, 0.3) is 5.91 Å². The van der Waals surface area contributed by atoms with E-state index in [1.807, 2.05) is 55.5 Å². The Morgan fingerprint density at radius 2 is 1.84 bits per heavy atom. The number of thiazole rings is 1. The van der Waals surface area contributed by atoms with E-state index in [2.05, 4.69) is 10.3 Å². The summed E-state index contributed by atoms with van der Waals surface area (Å²) in [6, 6.07) is 15.1. The Balaban J connectivity index is 1.63. The SMILES string of the molecule is Cc1ccc(C2(C)NC(=O)N(Cc3nc4ccccc4s3)C2=O)cc1. The molecule has 3 amide bonds. The zero-order valence-electron chi connectivity index (χ0n) is 13.9. The number of para-hydroxylation sites is 1. The average Bonchev–Trinajstić information content (AvgIpc) is 3.10. The Labute approximate surface area is 149 Å². The Hall–Kier alpha value is -2.73. The molecule has 0 spiro atoms. The lowest BCUT2D eigenvalue weighted by atomic mass is 9.91. The van der Waals surface area contributed by atoms with E-state index >= 15 is 0 Å². The molecule has 1 fully saturated rings. The van der Waals surface area contributed by atoms with Gasteiger partial charge in [-0.3, -0.25) is 9.69 Å². The maximum Gasteiger partial charge on any atom is 0.325 e. The first-order valence-corrected chi connectivity index (χ1v) is 8.85. The smallest absolute Gasteiger partial charge is 0.319 e. The molecular weight excluding hydrogens is 334 g/mol. The molecule has 0 aliphatic carbocycles. The second-order valence-electron chi connectivity index (χ2n) is 6.39. The number of nitrogens with zero attached hydrogens (tertiary/aromatic N) is 2. The first-order valence-electron chi connectivity index (χ1n) is 8.03. The van der Waals surface area contributed by atoms with Crippen molar-refractivity contribution in [3.8, 4) is 0 Å². The van der Waals surface area contributed by atoms with E-state index in [0.29, 0.717) is 0 Å². The lowest BCUT2D eigenvalue weighted by Crippen LogP contribution is -2.40. The van der Waals surface area contributed by atoms with Gasteiger partial charge in [0.05, 0.1) is 16.8 Å². The summed E-state index contributed by atoms with van der Waals surface area (Å²) in [4.78, 5) is 31.2. The van der Waals surface area contributed by atoms with Gasteiger partial charge in [0.2, 0.25) is 0 Å². The van der Waals surface area contributed by atoms with Crippen molar-refractivity contribution in [2.24, 2.45) is 0 Å². The summed E-state index contributed by atoms with van der Waals surface area (Å²) >= 11 is 1.50. The summed E-state index contributed by atoms with van der Waals surface area (Å²) in [6.07, 6.45) is 0. The van der Waals surface area contributed by atoms with Crippen molar-refractivity contribution in [3.05, 3.63) is 64.7 Å². The fraction of sp³-hybridized carbons (Fsp3) is 0.211. The Kier molecular flexibility index (Phi) is 3.58. The van der Waals surface area contributed by atoms with E-state index in [0.717, 1.165) is 26.4 Å². The van der Waals surface area contributed by atoms with Gasteiger partial charge in [-0.25, -0.2) is 9.78 Å². The number of rotatable bonds is 3. The first kappa shape index (κ1) is 15.8. The number of hydrogen-bond acceptors (Lipinski definition) is 4. The third-order valence-electron chi connectivity index (χ3n) is 4.54. The van der Waals surface area contributed by atoms with Gasteiger partial charge in [-0.05, 0) is 31.5 Å².